The number of hydrogen-bond donors (Lipinski definition) is 0. The molecule has 2 atom stereocenters. The number of fused-ring (bicyclic) bond motifs is 3. The van der Waals surface area contributed by atoms with Gasteiger partial charge in [0.2, 0.25) is 6.79 Å². The van der Waals surface area contributed by atoms with Crippen molar-refractivity contribution in [1.82, 2.24) is 0 Å². The zero-order valence-electron chi connectivity index (χ0n) is 20.4. The number of nitrogens with zero attached hydrogens (tertiary/aromatic N) is 1. The summed E-state index contributed by atoms with van der Waals surface area (Å²) in [5.41, 5.74) is 1.72. The molecule has 1 saturated heterocycles. The van der Waals surface area contributed by atoms with Crippen LogP contribution in [0, 0.1) is 0 Å². The van der Waals surface area contributed by atoms with Crippen molar-refractivity contribution < 1.29 is 33.0 Å². The quantitative estimate of drug-likeness (QED) is 0.268. The van der Waals surface area contributed by atoms with Crippen LogP contribution in [0.3, 0.4) is 0 Å². The largest absolute Gasteiger partial charge is 0.493 e. The van der Waals surface area contributed by atoms with Crippen molar-refractivity contribution in [3.63, 3.8) is 0 Å². The van der Waals surface area contributed by atoms with E-state index >= 15 is 0 Å². The average Bonchev–Trinajstić information content (AvgIpc) is 3.51. The molecule has 3 aliphatic heterocycles. The van der Waals surface area contributed by atoms with Crippen molar-refractivity contribution in [2.75, 3.05) is 40.1 Å². The smallest absolute Gasteiger partial charge is 0.318 e. The first-order chi connectivity index (χ1) is 17.6. The fourth-order valence-electron chi connectivity index (χ4n) is 5.43. The van der Waals surface area contributed by atoms with Crippen LogP contribution in [0.4, 0.5) is 0 Å². The first-order valence-corrected chi connectivity index (χ1v) is 12.5. The summed E-state index contributed by atoms with van der Waals surface area (Å²) < 4.78 is 29.7. The van der Waals surface area contributed by atoms with Crippen molar-refractivity contribution in [3.8, 4) is 28.7 Å². The molecule has 6 rings (SSSR count). The van der Waals surface area contributed by atoms with E-state index in [1.54, 1.807) is 0 Å². The standard InChI is InChI=1S/C29H30NO6/c1-30(14-6-16-32-20-11-12-26-27(17-20)34-19-33-26)15-13-21(18-30)35-29(31)28-22-7-2-4-9-24(22)36-25-10-5-3-8-23(25)28/h2-5,7-12,17,21,28H,6,13-16,18-19H2,1H3/q+1. The van der Waals surface area contributed by atoms with Gasteiger partial charge in [-0.15, -0.1) is 0 Å². The van der Waals surface area contributed by atoms with Gasteiger partial charge >= 0.3 is 5.97 Å². The Kier molecular flexibility index (Phi) is 5.93. The molecule has 0 bridgehead atoms. The fourth-order valence-corrected chi connectivity index (χ4v) is 5.43. The Hall–Kier alpha value is -3.71. The van der Waals surface area contributed by atoms with E-state index in [-0.39, 0.29) is 18.9 Å². The molecular weight excluding hydrogens is 458 g/mol. The molecule has 0 N–H and O–H groups in total. The molecule has 3 aromatic rings. The zero-order valence-corrected chi connectivity index (χ0v) is 20.4. The normalized spacial score (nSPS) is 21.9. The van der Waals surface area contributed by atoms with Crippen LogP contribution in [0.25, 0.3) is 0 Å². The van der Waals surface area contributed by atoms with Crippen molar-refractivity contribution in [2.24, 2.45) is 0 Å². The van der Waals surface area contributed by atoms with Crippen LogP contribution in [0.15, 0.2) is 66.7 Å². The predicted octanol–water partition coefficient (Wildman–Crippen LogP) is 4.88. The van der Waals surface area contributed by atoms with Gasteiger partial charge in [0.25, 0.3) is 0 Å². The van der Waals surface area contributed by atoms with E-state index in [0.717, 1.165) is 65.3 Å². The van der Waals surface area contributed by atoms with Crippen LogP contribution in [0.2, 0.25) is 0 Å². The summed E-state index contributed by atoms with van der Waals surface area (Å²) in [5.74, 6) is 3.02. The van der Waals surface area contributed by atoms with Crippen molar-refractivity contribution in [2.45, 2.75) is 24.9 Å². The maximum absolute atomic E-state index is 13.5. The van der Waals surface area contributed by atoms with Gasteiger partial charge in [-0.05, 0) is 24.3 Å². The molecule has 1 fully saturated rings. The summed E-state index contributed by atoms with van der Waals surface area (Å²) in [4.78, 5) is 13.5. The molecule has 2 unspecified atom stereocenters. The third-order valence-corrected chi connectivity index (χ3v) is 7.29. The van der Waals surface area contributed by atoms with Gasteiger partial charge in [0, 0.05) is 30.0 Å². The Bertz CT molecular complexity index is 1230. The first kappa shape index (κ1) is 22.7. The molecule has 7 heteroatoms. The maximum atomic E-state index is 13.5. The Morgan fingerprint density at radius 2 is 1.67 bits per heavy atom. The maximum Gasteiger partial charge on any atom is 0.318 e. The van der Waals surface area contributed by atoms with E-state index in [1.165, 1.54) is 0 Å². The number of carbonyl (C=O) groups excluding carboxylic acids is 1. The van der Waals surface area contributed by atoms with Gasteiger partial charge in [-0.25, -0.2) is 0 Å². The molecule has 0 radical (unpaired) electrons. The van der Waals surface area contributed by atoms with E-state index in [0.29, 0.717) is 18.1 Å². The second-order valence-corrected chi connectivity index (χ2v) is 9.92. The Morgan fingerprint density at radius 3 is 2.44 bits per heavy atom. The highest BCUT2D eigenvalue weighted by molar-refractivity contribution is 5.85. The average molecular weight is 489 g/mol. The highest BCUT2D eigenvalue weighted by atomic mass is 16.7. The SMILES string of the molecule is C[N+]1(CCCOc2ccc3c(c2)OCO3)CCC(OC(=O)C2c3ccccc3Oc3ccccc32)C1. The second-order valence-electron chi connectivity index (χ2n) is 9.92. The van der Waals surface area contributed by atoms with E-state index in [1.807, 2.05) is 66.7 Å². The molecule has 0 aliphatic carbocycles. The highest BCUT2D eigenvalue weighted by Gasteiger charge is 2.40. The third kappa shape index (κ3) is 4.46. The molecule has 0 saturated carbocycles. The number of likely N-dealkylation sites (N-methyl/N-ethyl adjacent to an activating group) is 1. The summed E-state index contributed by atoms with van der Waals surface area (Å²) in [6, 6.07) is 21.1. The topological polar surface area (TPSA) is 63.2 Å². The van der Waals surface area contributed by atoms with E-state index in [9.17, 15) is 4.79 Å². The number of quaternary nitrogens is 1. The number of para-hydroxylation sites is 2. The Labute approximate surface area is 210 Å². The monoisotopic (exact) mass is 488 g/mol. The second kappa shape index (κ2) is 9.39. The molecule has 7 nitrogen and oxygen atoms in total. The number of rotatable bonds is 7. The van der Waals surface area contributed by atoms with Crippen LogP contribution >= 0.6 is 0 Å². The highest BCUT2D eigenvalue weighted by Crippen LogP contribution is 2.44. The molecule has 36 heavy (non-hydrogen) atoms. The number of hydrogen-bond acceptors (Lipinski definition) is 6. The van der Waals surface area contributed by atoms with Crippen LogP contribution < -0.4 is 18.9 Å². The van der Waals surface area contributed by atoms with Gasteiger partial charge in [-0.2, -0.15) is 0 Å². The lowest BCUT2D eigenvalue weighted by Crippen LogP contribution is -2.44. The number of carbonyl (C=O) groups is 1. The fraction of sp³-hybridized carbons (Fsp3) is 0.345. The van der Waals surface area contributed by atoms with Gasteiger partial charge in [-0.1, -0.05) is 36.4 Å². The number of esters is 1. The molecule has 3 aromatic carbocycles. The lowest BCUT2D eigenvalue weighted by Gasteiger charge is -2.30. The molecular formula is C29H30NO6+. The summed E-state index contributed by atoms with van der Waals surface area (Å²) in [6.45, 7) is 3.62. The van der Waals surface area contributed by atoms with Crippen molar-refractivity contribution in [3.05, 3.63) is 77.9 Å². The van der Waals surface area contributed by atoms with E-state index in [4.69, 9.17) is 23.7 Å². The van der Waals surface area contributed by atoms with Gasteiger partial charge in [-0.3, -0.25) is 4.79 Å². The number of ether oxygens (including phenoxy) is 5. The minimum atomic E-state index is -0.472. The van der Waals surface area contributed by atoms with Gasteiger partial charge in [0.15, 0.2) is 17.6 Å². The predicted molar refractivity (Wildman–Crippen MR) is 133 cm³/mol. The van der Waals surface area contributed by atoms with Crippen molar-refractivity contribution >= 4 is 5.97 Å². The third-order valence-electron chi connectivity index (χ3n) is 7.29. The van der Waals surface area contributed by atoms with Crippen LogP contribution in [-0.2, 0) is 9.53 Å². The van der Waals surface area contributed by atoms with Crippen LogP contribution in [-0.4, -0.2) is 56.6 Å². The summed E-state index contributed by atoms with van der Waals surface area (Å²) in [6.07, 6.45) is 1.67. The summed E-state index contributed by atoms with van der Waals surface area (Å²) in [5, 5.41) is 0. The summed E-state index contributed by atoms with van der Waals surface area (Å²) in [7, 11) is 2.23. The molecule has 186 valence electrons. The molecule has 0 aromatic heterocycles. The van der Waals surface area contributed by atoms with Crippen molar-refractivity contribution in [1.29, 1.82) is 0 Å². The Morgan fingerprint density at radius 1 is 0.944 bits per heavy atom. The summed E-state index contributed by atoms with van der Waals surface area (Å²) >= 11 is 0. The van der Waals surface area contributed by atoms with E-state index in [2.05, 4.69) is 7.05 Å². The lowest BCUT2D eigenvalue weighted by atomic mass is 9.88. The number of benzene rings is 3. The number of likely N-dealkylation sites (tertiary alicyclic amines) is 1. The minimum Gasteiger partial charge on any atom is -0.493 e. The van der Waals surface area contributed by atoms with Crippen LogP contribution in [0.5, 0.6) is 28.7 Å². The molecule has 3 aliphatic rings. The minimum absolute atomic E-state index is 0.0977. The zero-order chi connectivity index (χ0) is 24.5. The Balaban J connectivity index is 1.04. The van der Waals surface area contributed by atoms with E-state index < -0.39 is 5.92 Å². The van der Waals surface area contributed by atoms with Gasteiger partial charge < -0.3 is 28.2 Å². The molecule has 3 heterocycles. The molecule has 0 amide bonds. The lowest BCUT2D eigenvalue weighted by molar-refractivity contribution is -0.899. The van der Waals surface area contributed by atoms with Gasteiger partial charge in [0.05, 0.1) is 26.7 Å². The first-order valence-electron chi connectivity index (χ1n) is 12.5. The molecule has 0 spiro atoms. The van der Waals surface area contributed by atoms with Crippen LogP contribution in [0.1, 0.15) is 29.9 Å². The van der Waals surface area contributed by atoms with Gasteiger partial charge in [0.1, 0.15) is 29.7 Å².